The van der Waals surface area contributed by atoms with Gasteiger partial charge in [0.15, 0.2) is 0 Å². The first-order chi connectivity index (χ1) is 10.5. The second-order valence-electron chi connectivity index (χ2n) is 5.44. The van der Waals surface area contributed by atoms with Crippen LogP contribution in [0.3, 0.4) is 0 Å². The van der Waals surface area contributed by atoms with E-state index >= 15 is 0 Å². The number of ether oxygens (including phenoxy) is 1. The Morgan fingerprint density at radius 1 is 1.09 bits per heavy atom. The van der Waals surface area contributed by atoms with Gasteiger partial charge in [0, 0.05) is 18.7 Å². The molecule has 0 unspecified atom stereocenters. The zero-order valence-corrected chi connectivity index (χ0v) is 13.7. The Balaban J connectivity index is 2.12. The number of nitrogens with one attached hydrogen (secondary N) is 2. The number of anilines is 1. The van der Waals surface area contributed by atoms with E-state index in [2.05, 4.69) is 15.4 Å². The van der Waals surface area contributed by atoms with Gasteiger partial charge in [0.25, 0.3) is 0 Å². The highest BCUT2D eigenvalue weighted by Crippen LogP contribution is 2.15. The lowest BCUT2D eigenvalue weighted by atomic mass is 10.1. The molecule has 5 heteroatoms. The minimum absolute atomic E-state index is 0.161. The number of aryl methyl sites for hydroxylation is 2. The van der Waals surface area contributed by atoms with Crippen molar-refractivity contribution in [1.82, 2.24) is 5.32 Å². The molecule has 2 amide bonds. The number of amides is 2. The van der Waals surface area contributed by atoms with Crippen molar-refractivity contribution in [2.24, 2.45) is 0 Å². The molecule has 0 aliphatic carbocycles. The molecule has 0 fully saturated rings. The summed E-state index contributed by atoms with van der Waals surface area (Å²) in [7, 11) is 1.40. The van der Waals surface area contributed by atoms with Crippen molar-refractivity contribution in [3.63, 3.8) is 0 Å². The summed E-state index contributed by atoms with van der Waals surface area (Å²) in [6.45, 7) is 4.63. The van der Waals surface area contributed by atoms with Crippen molar-refractivity contribution >= 4 is 17.7 Å². The zero-order chi connectivity index (χ0) is 16.4. The maximum absolute atomic E-state index is 11.8. The quantitative estimate of drug-likeness (QED) is 0.570. The highest BCUT2D eigenvalue weighted by atomic mass is 16.5. The van der Waals surface area contributed by atoms with Gasteiger partial charge < -0.3 is 15.4 Å². The molecule has 0 radical (unpaired) electrons. The molecule has 0 atom stereocenters. The normalized spacial score (nSPS) is 10.1. The van der Waals surface area contributed by atoms with Crippen LogP contribution >= 0.6 is 0 Å². The maximum atomic E-state index is 11.8. The Morgan fingerprint density at radius 3 is 2.50 bits per heavy atom. The molecule has 0 saturated carbocycles. The van der Waals surface area contributed by atoms with Gasteiger partial charge in [-0.3, -0.25) is 4.79 Å². The predicted octanol–water partition coefficient (Wildman–Crippen LogP) is 3.55. The third kappa shape index (κ3) is 7.11. The minimum Gasteiger partial charge on any atom is -0.469 e. The highest BCUT2D eigenvalue weighted by molar-refractivity contribution is 5.90. The van der Waals surface area contributed by atoms with Gasteiger partial charge in [0.1, 0.15) is 0 Å². The van der Waals surface area contributed by atoms with Gasteiger partial charge in [-0.05, 0) is 38.3 Å². The van der Waals surface area contributed by atoms with Crippen LogP contribution in [0.25, 0.3) is 0 Å². The van der Waals surface area contributed by atoms with Crippen molar-refractivity contribution in [3.8, 4) is 0 Å². The first kappa shape index (κ1) is 18.0. The number of hydrogen-bond donors (Lipinski definition) is 2. The number of esters is 1. The summed E-state index contributed by atoms with van der Waals surface area (Å²) in [5.74, 6) is -0.161. The van der Waals surface area contributed by atoms with Crippen LogP contribution < -0.4 is 10.6 Å². The van der Waals surface area contributed by atoms with Crippen LogP contribution in [0.2, 0.25) is 0 Å². The Hall–Kier alpha value is -2.04. The average molecular weight is 306 g/mol. The average Bonchev–Trinajstić information content (AvgIpc) is 2.48. The van der Waals surface area contributed by atoms with Crippen LogP contribution in [0.5, 0.6) is 0 Å². The van der Waals surface area contributed by atoms with Gasteiger partial charge in [-0.2, -0.15) is 0 Å². The molecule has 1 aromatic rings. The van der Waals surface area contributed by atoms with Crippen LogP contribution in [0.4, 0.5) is 10.5 Å². The third-order valence-electron chi connectivity index (χ3n) is 3.45. The number of benzene rings is 1. The Labute approximate surface area is 132 Å². The summed E-state index contributed by atoms with van der Waals surface area (Å²) in [6.07, 6.45) is 4.16. The summed E-state index contributed by atoms with van der Waals surface area (Å²) in [5, 5.41) is 5.69. The largest absolute Gasteiger partial charge is 0.469 e. The molecule has 1 aromatic carbocycles. The first-order valence-corrected chi connectivity index (χ1v) is 7.72. The lowest BCUT2D eigenvalue weighted by Crippen LogP contribution is -2.29. The number of carbonyl (C=O) groups excluding carboxylic acids is 2. The van der Waals surface area contributed by atoms with Crippen molar-refractivity contribution in [3.05, 3.63) is 29.3 Å². The molecule has 0 aliphatic heterocycles. The Bertz CT molecular complexity index is 501. The predicted molar refractivity (Wildman–Crippen MR) is 88.0 cm³/mol. The molecule has 22 heavy (non-hydrogen) atoms. The van der Waals surface area contributed by atoms with Gasteiger partial charge >= 0.3 is 12.0 Å². The van der Waals surface area contributed by atoms with Gasteiger partial charge in [-0.1, -0.05) is 30.5 Å². The standard InChI is InChI=1S/C17H26N2O3/c1-13-9-10-15(14(2)12-13)19-17(21)18-11-7-5-4-6-8-16(20)22-3/h9-10,12H,4-8,11H2,1-3H3,(H2,18,19,21). The van der Waals surface area contributed by atoms with Crippen molar-refractivity contribution < 1.29 is 14.3 Å². The van der Waals surface area contributed by atoms with Crippen LogP contribution in [-0.2, 0) is 9.53 Å². The molecule has 0 aliphatic rings. The van der Waals surface area contributed by atoms with E-state index in [1.165, 1.54) is 12.7 Å². The molecule has 0 heterocycles. The topological polar surface area (TPSA) is 67.4 Å². The minimum atomic E-state index is -0.179. The molecule has 1 rings (SSSR count). The molecule has 5 nitrogen and oxygen atoms in total. The zero-order valence-electron chi connectivity index (χ0n) is 13.7. The second-order valence-corrected chi connectivity index (χ2v) is 5.44. The van der Waals surface area contributed by atoms with Crippen LogP contribution in [0.1, 0.15) is 43.2 Å². The fourth-order valence-electron chi connectivity index (χ4n) is 2.17. The number of hydrogen-bond acceptors (Lipinski definition) is 3. The molecule has 0 saturated heterocycles. The Kier molecular flexibility index (Phi) is 8.04. The third-order valence-corrected chi connectivity index (χ3v) is 3.45. The molecule has 0 spiro atoms. The van der Waals surface area contributed by atoms with Crippen LogP contribution in [0.15, 0.2) is 18.2 Å². The summed E-state index contributed by atoms with van der Waals surface area (Å²) in [5.41, 5.74) is 3.06. The highest BCUT2D eigenvalue weighted by Gasteiger charge is 2.04. The van der Waals surface area contributed by atoms with Crippen molar-refractivity contribution in [1.29, 1.82) is 0 Å². The van der Waals surface area contributed by atoms with E-state index in [1.54, 1.807) is 0 Å². The number of rotatable bonds is 8. The van der Waals surface area contributed by atoms with Gasteiger partial charge in [-0.25, -0.2) is 4.79 Å². The van der Waals surface area contributed by atoms with Gasteiger partial charge in [0.05, 0.1) is 7.11 Å². The van der Waals surface area contributed by atoms with Crippen LogP contribution in [-0.4, -0.2) is 25.7 Å². The summed E-state index contributed by atoms with van der Waals surface area (Å²) < 4.78 is 4.58. The Morgan fingerprint density at radius 2 is 1.82 bits per heavy atom. The summed E-state index contributed by atoms with van der Waals surface area (Å²) in [6, 6.07) is 5.75. The van der Waals surface area contributed by atoms with Crippen molar-refractivity contribution in [2.75, 3.05) is 19.0 Å². The molecular weight excluding hydrogens is 280 g/mol. The number of carbonyl (C=O) groups is 2. The molecule has 0 aromatic heterocycles. The fraction of sp³-hybridized carbons (Fsp3) is 0.529. The first-order valence-electron chi connectivity index (χ1n) is 7.72. The van der Waals surface area contributed by atoms with Crippen molar-refractivity contribution in [2.45, 2.75) is 46.0 Å². The lowest BCUT2D eigenvalue weighted by molar-refractivity contribution is -0.140. The van der Waals surface area contributed by atoms with E-state index in [-0.39, 0.29) is 12.0 Å². The van der Waals surface area contributed by atoms with E-state index in [9.17, 15) is 9.59 Å². The summed E-state index contributed by atoms with van der Waals surface area (Å²) in [4.78, 5) is 22.7. The number of methoxy groups -OCH3 is 1. The van der Waals surface area contributed by atoms with E-state index in [4.69, 9.17) is 0 Å². The van der Waals surface area contributed by atoms with E-state index in [1.807, 2.05) is 32.0 Å². The number of urea groups is 1. The molecule has 2 N–H and O–H groups in total. The fourth-order valence-corrected chi connectivity index (χ4v) is 2.17. The molecular formula is C17H26N2O3. The molecule has 0 bridgehead atoms. The van der Waals surface area contributed by atoms with Gasteiger partial charge in [0.2, 0.25) is 0 Å². The van der Waals surface area contributed by atoms with Crippen LogP contribution in [0, 0.1) is 13.8 Å². The van der Waals surface area contributed by atoms with E-state index < -0.39 is 0 Å². The van der Waals surface area contributed by atoms with E-state index in [0.717, 1.165) is 36.9 Å². The second kappa shape index (κ2) is 9.82. The lowest BCUT2D eigenvalue weighted by Gasteiger charge is -2.10. The van der Waals surface area contributed by atoms with Gasteiger partial charge in [-0.15, -0.1) is 0 Å². The number of unbranched alkanes of at least 4 members (excludes halogenated alkanes) is 3. The maximum Gasteiger partial charge on any atom is 0.319 e. The smallest absolute Gasteiger partial charge is 0.319 e. The monoisotopic (exact) mass is 306 g/mol. The summed E-state index contributed by atoms with van der Waals surface area (Å²) >= 11 is 0. The molecule has 122 valence electrons. The van der Waals surface area contributed by atoms with E-state index in [0.29, 0.717) is 13.0 Å². The SMILES string of the molecule is COC(=O)CCCCCCNC(=O)Nc1ccc(C)cc1C.